The molecule has 0 aromatic carbocycles. The van der Waals surface area contributed by atoms with Crippen LogP contribution in [0.3, 0.4) is 0 Å². The first-order chi connectivity index (χ1) is 8.70. The smallest absolute Gasteiger partial charge is 0.358 e. The molecule has 0 aliphatic carbocycles. The lowest BCUT2D eigenvalue weighted by Gasteiger charge is -2.14. The molecule has 0 amide bonds. The Hall–Kier alpha value is -1.69. The Morgan fingerprint density at radius 2 is 2.39 bits per heavy atom. The minimum atomic E-state index is -0.480. The minimum absolute atomic E-state index is 0.209. The van der Waals surface area contributed by atoms with E-state index in [1.165, 1.54) is 7.11 Å². The first kappa shape index (κ1) is 12.8. The predicted molar refractivity (Wildman–Crippen MR) is 65.4 cm³/mol. The molecule has 1 aliphatic rings. The number of rotatable bonds is 4. The number of hydrogen-bond acceptors (Lipinski definition) is 6. The van der Waals surface area contributed by atoms with Crippen molar-refractivity contribution in [1.82, 2.24) is 10.2 Å². The minimum Gasteiger partial charge on any atom is -0.464 e. The first-order valence-corrected chi connectivity index (χ1v) is 5.98. The zero-order valence-corrected chi connectivity index (χ0v) is 10.5. The molecule has 1 aromatic heterocycles. The zero-order chi connectivity index (χ0) is 13.0. The van der Waals surface area contributed by atoms with E-state index in [1.54, 1.807) is 12.1 Å². The largest absolute Gasteiger partial charge is 0.464 e. The number of aromatic nitrogens is 2. The number of hydrogen-bond donors (Lipinski definition) is 1. The maximum Gasteiger partial charge on any atom is 0.358 e. The van der Waals surface area contributed by atoms with Gasteiger partial charge in [-0.25, -0.2) is 4.79 Å². The fraction of sp³-hybridized carbons (Fsp3) is 0.583. The molecule has 1 saturated heterocycles. The molecule has 1 N–H and O–H groups in total. The molecular formula is C12H17N3O3. The van der Waals surface area contributed by atoms with Crippen LogP contribution in [0.15, 0.2) is 12.1 Å². The van der Waals surface area contributed by atoms with E-state index in [-0.39, 0.29) is 11.8 Å². The van der Waals surface area contributed by atoms with Crippen LogP contribution in [0.5, 0.6) is 0 Å². The van der Waals surface area contributed by atoms with Gasteiger partial charge in [0, 0.05) is 19.1 Å². The zero-order valence-electron chi connectivity index (χ0n) is 10.5. The fourth-order valence-corrected chi connectivity index (χ4v) is 1.92. The number of carbonyl (C=O) groups is 1. The molecular weight excluding hydrogens is 234 g/mol. The van der Waals surface area contributed by atoms with Gasteiger partial charge in [0.25, 0.3) is 0 Å². The molecule has 0 bridgehead atoms. The van der Waals surface area contributed by atoms with E-state index in [2.05, 4.69) is 27.2 Å². The molecule has 1 aliphatic heterocycles. The van der Waals surface area contributed by atoms with Crippen molar-refractivity contribution in [2.75, 3.05) is 25.6 Å². The Balaban J connectivity index is 1.88. The standard InChI is InChI=1S/C12H17N3O3/c1-8-9(5-6-18-8)7-13-11-4-3-10(14-15-11)12(16)17-2/h3-4,8-9H,5-7H2,1-2H3,(H,13,15). The summed E-state index contributed by atoms with van der Waals surface area (Å²) in [6, 6.07) is 3.31. The summed E-state index contributed by atoms with van der Waals surface area (Å²) < 4.78 is 10.0. The second kappa shape index (κ2) is 5.77. The Bertz CT molecular complexity index is 408. The van der Waals surface area contributed by atoms with Gasteiger partial charge in [-0.15, -0.1) is 10.2 Å². The van der Waals surface area contributed by atoms with Crippen LogP contribution in [0.25, 0.3) is 0 Å². The topological polar surface area (TPSA) is 73.3 Å². The Labute approximate surface area is 106 Å². The average molecular weight is 251 g/mol. The molecule has 6 nitrogen and oxygen atoms in total. The second-order valence-electron chi connectivity index (χ2n) is 4.30. The van der Waals surface area contributed by atoms with Gasteiger partial charge in [-0.3, -0.25) is 0 Å². The number of methoxy groups -OCH3 is 1. The maximum atomic E-state index is 11.2. The summed E-state index contributed by atoms with van der Waals surface area (Å²) in [6.07, 6.45) is 1.33. The third-order valence-corrected chi connectivity index (χ3v) is 3.14. The highest BCUT2D eigenvalue weighted by Crippen LogP contribution is 2.20. The monoisotopic (exact) mass is 251 g/mol. The van der Waals surface area contributed by atoms with Crippen molar-refractivity contribution in [3.63, 3.8) is 0 Å². The molecule has 2 atom stereocenters. The van der Waals surface area contributed by atoms with E-state index >= 15 is 0 Å². The van der Waals surface area contributed by atoms with E-state index in [0.717, 1.165) is 19.6 Å². The number of ether oxygens (including phenoxy) is 2. The van der Waals surface area contributed by atoms with Gasteiger partial charge in [0.15, 0.2) is 5.69 Å². The number of esters is 1. The van der Waals surface area contributed by atoms with Gasteiger partial charge in [-0.2, -0.15) is 0 Å². The van der Waals surface area contributed by atoms with Crippen LogP contribution >= 0.6 is 0 Å². The van der Waals surface area contributed by atoms with Gasteiger partial charge < -0.3 is 14.8 Å². The Morgan fingerprint density at radius 1 is 1.56 bits per heavy atom. The van der Waals surface area contributed by atoms with E-state index in [1.807, 2.05) is 0 Å². The van der Waals surface area contributed by atoms with Gasteiger partial charge in [-0.1, -0.05) is 0 Å². The molecule has 1 aromatic rings. The summed E-state index contributed by atoms with van der Waals surface area (Å²) >= 11 is 0. The van der Waals surface area contributed by atoms with Crippen LogP contribution in [0.2, 0.25) is 0 Å². The lowest BCUT2D eigenvalue weighted by atomic mass is 10.0. The number of carbonyl (C=O) groups excluding carboxylic acids is 1. The van der Waals surface area contributed by atoms with Gasteiger partial charge >= 0.3 is 5.97 Å². The summed E-state index contributed by atoms with van der Waals surface area (Å²) in [4.78, 5) is 11.2. The van der Waals surface area contributed by atoms with Gasteiger partial charge in [0.05, 0.1) is 13.2 Å². The highest BCUT2D eigenvalue weighted by atomic mass is 16.5. The molecule has 98 valence electrons. The second-order valence-corrected chi connectivity index (χ2v) is 4.30. The quantitative estimate of drug-likeness (QED) is 0.808. The summed E-state index contributed by atoms with van der Waals surface area (Å²) in [6.45, 7) is 3.69. The van der Waals surface area contributed by atoms with E-state index in [4.69, 9.17) is 4.74 Å². The van der Waals surface area contributed by atoms with E-state index in [9.17, 15) is 4.79 Å². The van der Waals surface area contributed by atoms with Crippen LogP contribution in [-0.2, 0) is 9.47 Å². The van der Waals surface area contributed by atoms with Gasteiger partial charge in [-0.05, 0) is 25.5 Å². The average Bonchev–Trinajstić information content (AvgIpc) is 2.81. The maximum absolute atomic E-state index is 11.2. The van der Waals surface area contributed by atoms with Crippen LogP contribution in [-0.4, -0.2) is 42.5 Å². The summed E-state index contributed by atoms with van der Waals surface area (Å²) in [5.41, 5.74) is 0.209. The molecule has 2 rings (SSSR count). The van der Waals surface area contributed by atoms with Crippen LogP contribution < -0.4 is 5.32 Å². The molecule has 6 heteroatoms. The van der Waals surface area contributed by atoms with Crippen LogP contribution in [0.4, 0.5) is 5.82 Å². The molecule has 2 unspecified atom stereocenters. The Morgan fingerprint density at radius 3 is 2.94 bits per heavy atom. The molecule has 2 heterocycles. The van der Waals surface area contributed by atoms with Crippen molar-refractivity contribution in [3.05, 3.63) is 17.8 Å². The van der Waals surface area contributed by atoms with Crippen molar-refractivity contribution < 1.29 is 14.3 Å². The normalized spacial score (nSPS) is 22.8. The number of nitrogens with one attached hydrogen (secondary N) is 1. The van der Waals surface area contributed by atoms with Gasteiger partial charge in [0.1, 0.15) is 5.82 Å². The predicted octanol–water partition coefficient (Wildman–Crippen LogP) is 1.10. The summed E-state index contributed by atoms with van der Waals surface area (Å²) in [5.74, 6) is 0.667. The van der Waals surface area contributed by atoms with Crippen LogP contribution in [0.1, 0.15) is 23.8 Å². The van der Waals surface area contributed by atoms with Crippen LogP contribution in [0, 0.1) is 5.92 Å². The van der Waals surface area contributed by atoms with Crippen molar-refractivity contribution >= 4 is 11.8 Å². The van der Waals surface area contributed by atoms with Crippen molar-refractivity contribution in [2.45, 2.75) is 19.4 Å². The first-order valence-electron chi connectivity index (χ1n) is 5.98. The highest BCUT2D eigenvalue weighted by Gasteiger charge is 2.23. The van der Waals surface area contributed by atoms with Crippen molar-refractivity contribution in [2.24, 2.45) is 5.92 Å². The molecule has 18 heavy (non-hydrogen) atoms. The third kappa shape index (κ3) is 2.95. The molecule has 0 radical (unpaired) electrons. The number of nitrogens with zero attached hydrogens (tertiary/aromatic N) is 2. The fourth-order valence-electron chi connectivity index (χ4n) is 1.92. The van der Waals surface area contributed by atoms with Gasteiger partial charge in [0.2, 0.25) is 0 Å². The van der Waals surface area contributed by atoms with Crippen molar-refractivity contribution in [3.8, 4) is 0 Å². The SMILES string of the molecule is COC(=O)c1ccc(NCC2CCOC2C)nn1. The Kier molecular flexibility index (Phi) is 4.09. The third-order valence-electron chi connectivity index (χ3n) is 3.14. The van der Waals surface area contributed by atoms with E-state index in [0.29, 0.717) is 11.7 Å². The lowest BCUT2D eigenvalue weighted by molar-refractivity contribution is 0.0593. The summed E-state index contributed by atoms with van der Waals surface area (Å²) in [7, 11) is 1.32. The number of anilines is 1. The molecule has 0 saturated carbocycles. The summed E-state index contributed by atoms with van der Waals surface area (Å²) in [5, 5.41) is 10.9. The van der Waals surface area contributed by atoms with E-state index < -0.39 is 5.97 Å². The lowest BCUT2D eigenvalue weighted by Crippen LogP contribution is -2.21. The molecule has 0 spiro atoms. The van der Waals surface area contributed by atoms with Crippen molar-refractivity contribution in [1.29, 1.82) is 0 Å². The molecule has 1 fully saturated rings. The highest BCUT2D eigenvalue weighted by molar-refractivity contribution is 5.86.